The number of nitrogens with one attached hydrogen (secondary N) is 1. The summed E-state index contributed by atoms with van der Waals surface area (Å²) in [5, 5.41) is 8.29. The normalized spacial score (nSPS) is 12.9. The van der Waals surface area contributed by atoms with E-state index < -0.39 is 0 Å². The third-order valence-corrected chi connectivity index (χ3v) is 6.20. The van der Waals surface area contributed by atoms with Crippen LogP contribution in [0.3, 0.4) is 0 Å². The summed E-state index contributed by atoms with van der Waals surface area (Å²) in [5.74, 6) is 1.19. The van der Waals surface area contributed by atoms with E-state index in [9.17, 15) is 4.79 Å². The van der Waals surface area contributed by atoms with Crippen LogP contribution in [-0.2, 0) is 6.42 Å². The van der Waals surface area contributed by atoms with Gasteiger partial charge in [0.1, 0.15) is 13.2 Å². The van der Waals surface area contributed by atoms with Crippen LogP contribution in [0.4, 0.5) is 5.69 Å². The van der Waals surface area contributed by atoms with Crippen LogP contribution in [0.15, 0.2) is 54.7 Å². The van der Waals surface area contributed by atoms with Crippen molar-refractivity contribution in [3.8, 4) is 22.8 Å². The average molecular weight is 486 g/mol. The molecule has 0 saturated heterocycles. The number of ether oxygens (including phenoxy) is 2. The highest BCUT2D eigenvalue weighted by molar-refractivity contribution is 6.12. The zero-order valence-electron chi connectivity index (χ0n) is 21.1. The Bertz CT molecular complexity index is 1390. The molecule has 8 heteroatoms. The highest BCUT2D eigenvalue weighted by Crippen LogP contribution is 2.35. The standard InChI is InChI=1S/C28H31N5O3/c1-18(2)33-27-23(17-29-33)22(28(34)30-21-8-5-19(6-9-21)11-12-32(3)4)16-24(31-27)20-7-10-25-26(15-20)36-14-13-35-25/h5-10,15-18H,11-14H2,1-4H3,(H,30,34). The Morgan fingerprint density at radius 3 is 2.53 bits per heavy atom. The molecule has 4 aromatic rings. The van der Waals surface area contributed by atoms with Gasteiger partial charge in [-0.15, -0.1) is 0 Å². The summed E-state index contributed by atoms with van der Waals surface area (Å²) in [7, 11) is 4.12. The van der Waals surface area contributed by atoms with Crippen LogP contribution >= 0.6 is 0 Å². The number of hydrogen-bond acceptors (Lipinski definition) is 6. The molecule has 186 valence electrons. The molecule has 36 heavy (non-hydrogen) atoms. The first kappa shape index (κ1) is 23.8. The lowest BCUT2D eigenvalue weighted by Gasteiger charge is -2.19. The van der Waals surface area contributed by atoms with Gasteiger partial charge < -0.3 is 19.7 Å². The summed E-state index contributed by atoms with van der Waals surface area (Å²) in [6, 6.07) is 15.6. The van der Waals surface area contributed by atoms with Crippen molar-refractivity contribution in [2.75, 3.05) is 39.2 Å². The van der Waals surface area contributed by atoms with Crippen molar-refractivity contribution in [3.63, 3.8) is 0 Å². The lowest BCUT2D eigenvalue weighted by atomic mass is 10.1. The second-order valence-corrected chi connectivity index (χ2v) is 9.54. The molecule has 1 N–H and O–H groups in total. The Balaban J connectivity index is 1.49. The number of pyridine rings is 1. The van der Waals surface area contributed by atoms with E-state index in [2.05, 4.69) is 41.5 Å². The predicted molar refractivity (Wildman–Crippen MR) is 141 cm³/mol. The largest absolute Gasteiger partial charge is 0.486 e. The Hall–Kier alpha value is -3.91. The van der Waals surface area contributed by atoms with Crippen LogP contribution in [0.1, 0.15) is 35.8 Å². The van der Waals surface area contributed by atoms with E-state index in [0.29, 0.717) is 47.0 Å². The van der Waals surface area contributed by atoms with Crippen molar-refractivity contribution in [2.24, 2.45) is 0 Å². The quantitative estimate of drug-likeness (QED) is 0.405. The lowest BCUT2D eigenvalue weighted by molar-refractivity contribution is 0.102. The summed E-state index contributed by atoms with van der Waals surface area (Å²) >= 11 is 0. The van der Waals surface area contributed by atoms with Gasteiger partial charge in [-0.3, -0.25) is 4.79 Å². The van der Waals surface area contributed by atoms with Crippen molar-refractivity contribution < 1.29 is 14.3 Å². The monoisotopic (exact) mass is 485 g/mol. The average Bonchev–Trinajstić information content (AvgIpc) is 3.32. The molecule has 0 unspecified atom stereocenters. The summed E-state index contributed by atoms with van der Waals surface area (Å²) in [6.45, 7) is 6.10. The van der Waals surface area contributed by atoms with E-state index >= 15 is 0 Å². The fraction of sp³-hybridized carbons (Fsp3) is 0.321. The van der Waals surface area contributed by atoms with Gasteiger partial charge in [0.2, 0.25) is 0 Å². The molecule has 5 rings (SSSR count). The zero-order valence-corrected chi connectivity index (χ0v) is 21.1. The molecule has 1 aliphatic rings. The van der Waals surface area contributed by atoms with Gasteiger partial charge in [0.25, 0.3) is 5.91 Å². The molecule has 0 radical (unpaired) electrons. The molecule has 0 saturated carbocycles. The van der Waals surface area contributed by atoms with Gasteiger partial charge in [0.05, 0.1) is 22.8 Å². The van der Waals surface area contributed by atoms with Crippen LogP contribution in [0.25, 0.3) is 22.3 Å². The minimum Gasteiger partial charge on any atom is -0.486 e. The van der Waals surface area contributed by atoms with Gasteiger partial charge in [-0.2, -0.15) is 5.10 Å². The summed E-state index contributed by atoms with van der Waals surface area (Å²) in [5.41, 5.74) is 4.68. The van der Waals surface area contributed by atoms with Crippen molar-refractivity contribution in [1.82, 2.24) is 19.7 Å². The van der Waals surface area contributed by atoms with E-state index in [1.165, 1.54) is 5.56 Å². The Morgan fingerprint density at radius 1 is 1.06 bits per heavy atom. The zero-order chi connectivity index (χ0) is 25.2. The number of anilines is 1. The maximum atomic E-state index is 13.5. The van der Waals surface area contributed by atoms with Gasteiger partial charge >= 0.3 is 0 Å². The Kier molecular flexibility index (Phi) is 6.61. The van der Waals surface area contributed by atoms with E-state index in [1.54, 1.807) is 6.20 Å². The number of nitrogens with zero attached hydrogens (tertiary/aromatic N) is 4. The Morgan fingerprint density at radius 2 is 1.81 bits per heavy atom. The molecule has 0 bridgehead atoms. The SMILES string of the molecule is CC(C)n1ncc2c(C(=O)Nc3ccc(CCN(C)C)cc3)cc(-c3ccc4c(c3)OCCO4)nc21. The number of rotatable bonds is 7. The molecule has 1 aliphatic heterocycles. The molecule has 0 atom stereocenters. The van der Waals surface area contributed by atoms with E-state index in [4.69, 9.17) is 14.5 Å². The number of likely N-dealkylation sites (N-methyl/N-ethyl adjacent to an activating group) is 1. The summed E-state index contributed by atoms with van der Waals surface area (Å²) in [4.78, 5) is 20.5. The number of fused-ring (bicyclic) bond motifs is 2. The maximum absolute atomic E-state index is 13.5. The molecule has 0 fully saturated rings. The second-order valence-electron chi connectivity index (χ2n) is 9.54. The van der Waals surface area contributed by atoms with Gasteiger partial charge in [0.15, 0.2) is 17.1 Å². The van der Waals surface area contributed by atoms with Gasteiger partial charge in [-0.05, 0) is 76.3 Å². The summed E-state index contributed by atoms with van der Waals surface area (Å²) < 4.78 is 13.3. The molecule has 0 aliphatic carbocycles. The first-order chi connectivity index (χ1) is 17.4. The van der Waals surface area contributed by atoms with Crippen molar-refractivity contribution in [3.05, 3.63) is 65.9 Å². The topological polar surface area (TPSA) is 81.5 Å². The van der Waals surface area contributed by atoms with Crippen LogP contribution in [0, 0.1) is 0 Å². The highest BCUT2D eigenvalue weighted by Gasteiger charge is 2.20. The predicted octanol–water partition coefficient (Wildman–Crippen LogP) is 4.81. The lowest BCUT2D eigenvalue weighted by Crippen LogP contribution is -2.15. The van der Waals surface area contributed by atoms with Crippen LogP contribution in [0.5, 0.6) is 11.5 Å². The molecule has 8 nitrogen and oxygen atoms in total. The van der Waals surface area contributed by atoms with Crippen LogP contribution in [-0.4, -0.2) is 59.4 Å². The first-order valence-corrected chi connectivity index (χ1v) is 12.2. The van der Waals surface area contributed by atoms with Gasteiger partial charge in [0, 0.05) is 23.8 Å². The molecule has 0 spiro atoms. The first-order valence-electron chi connectivity index (χ1n) is 12.2. The number of carbonyl (C=O) groups is 1. The molecule has 2 aromatic heterocycles. The van der Waals surface area contributed by atoms with Crippen LogP contribution < -0.4 is 14.8 Å². The molecular formula is C28H31N5O3. The molecule has 1 amide bonds. The Labute approximate surface area is 210 Å². The minimum absolute atomic E-state index is 0.0936. The number of hydrogen-bond donors (Lipinski definition) is 1. The highest BCUT2D eigenvalue weighted by atomic mass is 16.6. The van der Waals surface area contributed by atoms with Crippen molar-refractivity contribution >= 4 is 22.6 Å². The molecular weight excluding hydrogens is 454 g/mol. The maximum Gasteiger partial charge on any atom is 0.256 e. The van der Waals surface area contributed by atoms with E-state index in [-0.39, 0.29) is 11.9 Å². The van der Waals surface area contributed by atoms with Crippen molar-refractivity contribution in [1.29, 1.82) is 0 Å². The number of aromatic nitrogens is 3. The summed E-state index contributed by atoms with van der Waals surface area (Å²) in [6.07, 6.45) is 2.68. The number of benzene rings is 2. The van der Waals surface area contributed by atoms with Crippen molar-refractivity contribution in [2.45, 2.75) is 26.3 Å². The fourth-order valence-electron chi connectivity index (χ4n) is 4.24. The number of carbonyl (C=O) groups excluding carboxylic acids is 1. The minimum atomic E-state index is -0.203. The molecule has 2 aromatic carbocycles. The van der Waals surface area contributed by atoms with E-state index in [0.717, 1.165) is 24.2 Å². The fourth-order valence-corrected chi connectivity index (χ4v) is 4.24. The van der Waals surface area contributed by atoms with E-state index in [1.807, 2.05) is 54.9 Å². The number of amides is 1. The third kappa shape index (κ3) is 4.90. The smallest absolute Gasteiger partial charge is 0.256 e. The third-order valence-electron chi connectivity index (χ3n) is 6.20. The molecule has 3 heterocycles. The second kappa shape index (κ2) is 9.99. The van der Waals surface area contributed by atoms with Gasteiger partial charge in [-0.1, -0.05) is 12.1 Å². The van der Waals surface area contributed by atoms with Crippen LogP contribution in [0.2, 0.25) is 0 Å². The van der Waals surface area contributed by atoms with Gasteiger partial charge in [-0.25, -0.2) is 9.67 Å².